The van der Waals surface area contributed by atoms with Gasteiger partial charge in [0.05, 0.1) is 10.9 Å². The Morgan fingerprint density at radius 3 is 2.73 bits per heavy atom. The Kier molecular flexibility index (Phi) is 5.96. The van der Waals surface area contributed by atoms with Crippen LogP contribution in [-0.2, 0) is 22.4 Å². The van der Waals surface area contributed by atoms with Crippen LogP contribution < -0.4 is 5.32 Å². The number of hydrogen-bond donors (Lipinski definition) is 2. The van der Waals surface area contributed by atoms with Crippen molar-refractivity contribution in [2.45, 2.75) is 19.3 Å². The van der Waals surface area contributed by atoms with Crippen LogP contribution in [0.2, 0.25) is 0 Å². The van der Waals surface area contributed by atoms with Gasteiger partial charge < -0.3 is 10.4 Å². The second-order valence-electron chi connectivity index (χ2n) is 6.11. The molecule has 0 aliphatic heterocycles. The first kappa shape index (κ1) is 18.1. The highest BCUT2D eigenvalue weighted by molar-refractivity contribution is 7.09. The second kappa shape index (κ2) is 8.58. The molecule has 1 aromatic heterocycles. The predicted octanol–water partition coefficient (Wildman–Crippen LogP) is 3.29. The van der Waals surface area contributed by atoms with Crippen molar-refractivity contribution in [1.82, 2.24) is 10.3 Å². The number of nitrogens with zero attached hydrogens (tertiary/aromatic N) is 1. The van der Waals surface area contributed by atoms with E-state index in [-0.39, 0.29) is 12.5 Å². The van der Waals surface area contributed by atoms with Crippen LogP contribution in [0, 0.1) is 5.92 Å². The lowest BCUT2D eigenvalue weighted by atomic mass is 9.95. The van der Waals surface area contributed by atoms with Crippen LogP contribution in [0.5, 0.6) is 0 Å². The Bertz CT molecular complexity index is 888. The van der Waals surface area contributed by atoms with Gasteiger partial charge in [0, 0.05) is 31.0 Å². The second-order valence-corrected chi connectivity index (χ2v) is 7.09. The van der Waals surface area contributed by atoms with Gasteiger partial charge in [0.25, 0.3) is 0 Å². The maximum atomic E-state index is 12.0. The molecule has 0 spiro atoms. The number of carboxylic acids is 1. The van der Waals surface area contributed by atoms with E-state index in [1.807, 2.05) is 47.8 Å². The third kappa shape index (κ3) is 4.67. The lowest BCUT2D eigenvalue weighted by molar-refractivity contribution is -0.141. The van der Waals surface area contributed by atoms with Gasteiger partial charge in [0.1, 0.15) is 0 Å². The van der Waals surface area contributed by atoms with Crippen LogP contribution >= 0.6 is 11.3 Å². The molecule has 26 heavy (non-hydrogen) atoms. The minimum absolute atomic E-state index is 0.120. The fourth-order valence-corrected chi connectivity index (χ4v) is 3.53. The smallest absolute Gasteiger partial charge is 0.308 e. The van der Waals surface area contributed by atoms with E-state index in [4.69, 9.17) is 0 Å². The van der Waals surface area contributed by atoms with Crippen LogP contribution in [0.4, 0.5) is 0 Å². The highest BCUT2D eigenvalue weighted by Gasteiger charge is 2.20. The molecule has 3 rings (SSSR count). The number of carbonyl (C=O) groups excluding carboxylic acids is 1. The number of benzene rings is 2. The zero-order chi connectivity index (χ0) is 18.4. The number of aryl methyl sites for hydroxylation is 1. The van der Waals surface area contributed by atoms with Gasteiger partial charge in [-0.05, 0) is 22.8 Å². The lowest BCUT2D eigenvalue weighted by Crippen LogP contribution is -2.34. The molecule has 0 aliphatic rings. The zero-order valence-electron chi connectivity index (χ0n) is 14.2. The standard InChI is InChI=1S/C20H20N2O3S/c23-18(8-9-19-21-10-11-26-19)22-13-16(20(24)25)12-15-6-3-5-14-4-1-2-7-17(14)15/h1-7,10-11,16H,8-9,12-13H2,(H,22,23)(H,24,25). The molecule has 1 amide bonds. The first-order chi connectivity index (χ1) is 12.6. The van der Waals surface area contributed by atoms with Crippen LogP contribution in [0.1, 0.15) is 17.0 Å². The molecule has 0 saturated carbocycles. The molecule has 0 saturated heterocycles. The van der Waals surface area contributed by atoms with Crippen molar-refractivity contribution >= 4 is 34.0 Å². The molecule has 2 N–H and O–H groups in total. The SMILES string of the molecule is O=C(CCc1nccs1)NCC(Cc1cccc2ccccc12)C(=O)O. The molecule has 1 heterocycles. The molecule has 134 valence electrons. The van der Waals surface area contributed by atoms with E-state index in [0.29, 0.717) is 19.3 Å². The van der Waals surface area contributed by atoms with Crippen molar-refractivity contribution in [3.05, 3.63) is 64.6 Å². The number of carbonyl (C=O) groups is 2. The summed E-state index contributed by atoms with van der Waals surface area (Å²) < 4.78 is 0. The maximum absolute atomic E-state index is 12.0. The molecule has 2 aromatic carbocycles. The summed E-state index contributed by atoms with van der Waals surface area (Å²) in [4.78, 5) is 27.8. The predicted molar refractivity (Wildman–Crippen MR) is 102 cm³/mol. The Morgan fingerprint density at radius 2 is 1.96 bits per heavy atom. The number of aliphatic carboxylic acids is 1. The number of amides is 1. The molecule has 3 aromatic rings. The fraction of sp³-hybridized carbons (Fsp3) is 0.250. The highest BCUT2D eigenvalue weighted by atomic mass is 32.1. The number of thiazole rings is 1. The van der Waals surface area contributed by atoms with E-state index in [1.165, 1.54) is 11.3 Å². The van der Waals surface area contributed by atoms with E-state index < -0.39 is 11.9 Å². The van der Waals surface area contributed by atoms with E-state index >= 15 is 0 Å². The molecule has 0 fully saturated rings. The summed E-state index contributed by atoms with van der Waals surface area (Å²) in [7, 11) is 0. The van der Waals surface area contributed by atoms with Crippen molar-refractivity contribution in [3.8, 4) is 0 Å². The number of carboxylic acid groups (broad SMARTS) is 1. The largest absolute Gasteiger partial charge is 0.481 e. The Hall–Kier alpha value is -2.73. The first-order valence-corrected chi connectivity index (χ1v) is 9.36. The summed E-state index contributed by atoms with van der Waals surface area (Å²) in [6.45, 7) is 0.120. The first-order valence-electron chi connectivity index (χ1n) is 8.48. The van der Waals surface area contributed by atoms with Crippen molar-refractivity contribution in [2.75, 3.05) is 6.54 Å². The molecule has 6 heteroatoms. The Balaban J connectivity index is 1.60. The van der Waals surface area contributed by atoms with Gasteiger partial charge in [0.2, 0.25) is 5.91 Å². The molecule has 0 bridgehead atoms. The Morgan fingerprint density at radius 1 is 1.15 bits per heavy atom. The minimum Gasteiger partial charge on any atom is -0.481 e. The van der Waals surface area contributed by atoms with Crippen molar-refractivity contribution < 1.29 is 14.7 Å². The van der Waals surface area contributed by atoms with Gasteiger partial charge in [-0.3, -0.25) is 9.59 Å². The summed E-state index contributed by atoms with van der Waals surface area (Å²) in [5, 5.41) is 17.2. The van der Waals surface area contributed by atoms with Crippen molar-refractivity contribution in [3.63, 3.8) is 0 Å². The number of fused-ring (bicyclic) bond motifs is 1. The molecule has 1 unspecified atom stereocenters. The number of nitrogens with one attached hydrogen (secondary N) is 1. The van der Waals surface area contributed by atoms with Gasteiger partial charge in [-0.2, -0.15) is 0 Å². The van der Waals surface area contributed by atoms with Gasteiger partial charge in [0.15, 0.2) is 0 Å². The van der Waals surface area contributed by atoms with Gasteiger partial charge in [-0.15, -0.1) is 11.3 Å². The minimum atomic E-state index is -0.904. The molecular formula is C20H20N2O3S. The number of aromatic nitrogens is 1. The lowest BCUT2D eigenvalue weighted by Gasteiger charge is -2.15. The maximum Gasteiger partial charge on any atom is 0.308 e. The Labute approximate surface area is 155 Å². The molecule has 1 atom stereocenters. The topological polar surface area (TPSA) is 79.3 Å². The monoisotopic (exact) mass is 368 g/mol. The molecule has 0 aliphatic carbocycles. The average Bonchev–Trinajstić information content (AvgIpc) is 3.17. The van der Waals surface area contributed by atoms with Gasteiger partial charge >= 0.3 is 5.97 Å². The van der Waals surface area contributed by atoms with Gasteiger partial charge in [-0.25, -0.2) is 4.98 Å². The van der Waals surface area contributed by atoms with Crippen LogP contribution in [0.3, 0.4) is 0 Å². The number of hydrogen-bond acceptors (Lipinski definition) is 4. The normalized spacial score (nSPS) is 12.0. The number of rotatable bonds is 8. The zero-order valence-corrected chi connectivity index (χ0v) is 15.0. The van der Waals surface area contributed by atoms with Crippen LogP contribution in [0.15, 0.2) is 54.0 Å². The summed E-state index contributed by atoms with van der Waals surface area (Å²) in [6, 6.07) is 13.8. The average molecular weight is 368 g/mol. The molecule has 5 nitrogen and oxygen atoms in total. The summed E-state index contributed by atoms with van der Waals surface area (Å²) in [6.07, 6.45) is 2.98. The van der Waals surface area contributed by atoms with Gasteiger partial charge in [-0.1, -0.05) is 42.5 Å². The van der Waals surface area contributed by atoms with E-state index in [0.717, 1.165) is 21.3 Å². The third-order valence-corrected chi connectivity index (χ3v) is 5.13. The van der Waals surface area contributed by atoms with E-state index in [2.05, 4.69) is 10.3 Å². The molecule has 0 radical (unpaired) electrons. The van der Waals surface area contributed by atoms with Crippen LogP contribution in [-0.4, -0.2) is 28.5 Å². The van der Waals surface area contributed by atoms with E-state index in [9.17, 15) is 14.7 Å². The summed E-state index contributed by atoms with van der Waals surface area (Å²) in [5.41, 5.74) is 0.979. The van der Waals surface area contributed by atoms with Crippen molar-refractivity contribution in [2.24, 2.45) is 5.92 Å². The quantitative estimate of drug-likeness (QED) is 0.639. The van der Waals surface area contributed by atoms with Crippen LogP contribution in [0.25, 0.3) is 10.8 Å². The van der Waals surface area contributed by atoms with E-state index in [1.54, 1.807) is 6.20 Å². The third-order valence-electron chi connectivity index (χ3n) is 4.29. The molecular weight excluding hydrogens is 348 g/mol. The summed E-state index contributed by atoms with van der Waals surface area (Å²) in [5.74, 6) is -1.72. The van der Waals surface area contributed by atoms with Crippen molar-refractivity contribution in [1.29, 1.82) is 0 Å². The fourth-order valence-electron chi connectivity index (χ4n) is 2.91. The summed E-state index contributed by atoms with van der Waals surface area (Å²) >= 11 is 1.51. The highest BCUT2D eigenvalue weighted by Crippen LogP contribution is 2.21.